The molecule has 0 bridgehead atoms. The van der Waals surface area contributed by atoms with Crippen LogP contribution in [0, 0.1) is 0 Å². The third kappa shape index (κ3) is 4.03. The SMILES string of the molecule is C/C=C(\C1=C(C)SC2=CCCC=C2S1)N(c1ccccc1)c1cc2ccccc2c2ccccc12. The van der Waals surface area contributed by atoms with Crippen LogP contribution in [-0.2, 0) is 0 Å². The van der Waals surface area contributed by atoms with Crippen LogP contribution in [0.3, 0.4) is 0 Å². The second-order valence-electron chi connectivity index (χ2n) is 8.81. The summed E-state index contributed by atoms with van der Waals surface area (Å²) in [6.07, 6.45) is 9.35. The summed E-state index contributed by atoms with van der Waals surface area (Å²) in [4.78, 5) is 7.97. The van der Waals surface area contributed by atoms with Gasteiger partial charge in [0.2, 0.25) is 0 Å². The number of fused-ring (bicyclic) bond motifs is 4. The summed E-state index contributed by atoms with van der Waals surface area (Å²) in [6.45, 7) is 4.44. The number of allylic oxidation sites excluding steroid dienone is 4. The van der Waals surface area contributed by atoms with E-state index in [0.717, 1.165) is 12.8 Å². The van der Waals surface area contributed by atoms with E-state index in [4.69, 9.17) is 0 Å². The minimum Gasteiger partial charge on any atom is -0.309 e. The van der Waals surface area contributed by atoms with Gasteiger partial charge in [-0.25, -0.2) is 0 Å². The minimum absolute atomic E-state index is 1.13. The molecule has 0 saturated heterocycles. The Morgan fingerprint density at radius 1 is 0.743 bits per heavy atom. The van der Waals surface area contributed by atoms with Crippen LogP contribution >= 0.6 is 23.5 Å². The number of benzene rings is 4. The topological polar surface area (TPSA) is 3.24 Å². The maximum atomic E-state index is 2.46. The van der Waals surface area contributed by atoms with E-state index in [1.54, 1.807) is 0 Å². The zero-order valence-electron chi connectivity index (χ0n) is 20.0. The lowest BCUT2D eigenvalue weighted by molar-refractivity contribution is 1.03. The lowest BCUT2D eigenvalue weighted by atomic mass is 9.99. The highest BCUT2D eigenvalue weighted by Crippen LogP contribution is 2.54. The molecular weight excluding hydrogens is 462 g/mol. The summed E-state index contributed by atoms with van der Waals surface area (Å²) in [6, 6.07) is 30.7. The molecule has 1 aliphatic carbocycles. The second-order valence-corrected chi connectivity index (χ2v) is 11.1. The molecular formula is C32H27NS2. The Morgan fingerprint density at radius 3 is 2.11 bits per heavy atom. The third-order valence-electron chi connectivity index (χ3n) is 6.61. The molecule has 0 fully saturated rings. The summed E-state index contributed by atoms with van der Waals surface area (Å²) < 4.78 is 0. The maximum absolute atomic E-state index is 2.46. The fraction of sp³-hybridized carbons (Fsp3) is 0.125. The highest BCUT2D eigenvalue weighted by molar-refractivity contribution is 8.15. The van der Waals surface area contributed by atoms with E-state index < -0.39 is 0 Å². The Labute approximate surface area is 215 Å². The molecule has 0 unspecified atom stereocenters. The quantitative estimate of drug-likeness (QED) is 0.262. The van der Waals surface area contributed by atoms with Crippen LogP contribution < -0.4 is 4.90 Å². The summed E-state index contributed by atoms with van der Waals surface area (Å²) in [5, 5.41) is 5.10. The van der Waals surface area contributed by atoms with Gasteiger partial charge in [-0.05, 0) is 61.0 Å². The Morgan fingerprint density at radius 2 is 1.37 bits per heavy atom. The van der Waals surface area contributed by atoms with Crippen molar-refractivity contribution in [3.8, 4) is 0 Å². The predicted molar refractivity (Wildman–Crippen MR) is 157 cm³/mol. The van der Waals surface area contributed by atoms with Gasteiger partial charge in [-0.3, -0.25) is 0 Å². The molecule has 2 aliphatic rings. The van der Waals surface area contributed by atoms with Gasteiger partial charge in [-0.15, -0.1) is 0 Å². The van der Waals surface area contributed by atoms with Crippen LogP contribution in [0.2, 0.25) is 0 Å². The van der Waals surface area contributed by atoms with E-state index in [9.17, 15) is 0 Å². The molecule has 0 atom stereocenters. The first-order valence-corrected chi connectivity index (χ1v) is 13.8. The summed E-state index contributed by atoms with van der Waals surface area (Å²) in [5.41, 5.74) is 3.62. The Balaban J connectivity index is 1.61. The van der Waals surface area contributed by atoms with Gasteiger partial charge in [0.15, 0.2) is 0 Å². The van der Waals surface area contributed by atoms with Crippen molar-refractivity contribution < 1.29 is 0 Å². The van der Waals surface area contributed by atoms with E-state index in [-0.39, 0.29) is 0 Å². The average Bonchev–Trinajstić information content (AvgIpc) is 2.92. The van der Waals surface area contributed by atoms with Crippen LogP contribution in [0.25, 0.3) is 21.5 Å². The molecule has 3 heteroatoms. The molecule has 0 saturated carbocycles. The average molecular weight is 490 g/mol. The van der Waals surface area contributed by atoms with Crippen LogP contribution in [0.4, 0.5) is 11.4 Å². The lowest BCUT2D eigenvalue weighted by Gasteiger charge is -2.33. The van der Waals surface area contributed by atoms with E-state index in [0.29, 0.717) is 0 Å². The highest BCUT2D eigenvalue weighted by atomic mass is 32.2. The first-order valence-electron chi connectivity index (χ1n) is 12.1. The van der Waals surface area contributed by atoms with E-state index in [2.05, 4.69) is 122 Å². The number of nitrogens with zero attached hydrogens (tertiary/aromatic N) is 1. The van der Waals surface area contributed by atoms with Gasteiger partial charge in [0, 0.05) is 30.7 Å². The standard InChI is InChI=1S/C32H27NS2/c1-3-28(32-22(2)34-30-19-11-12-20-31(30)35-32)33(24-14-5-4-6-15-24)29-21-23-13-7-8-16-25(23)26-17-9-10-18-27(26)29/h3-10,13-21H,11-12H2,1-2H3/b28-3+. The molecule has 6 rings (SSSR count). The van der Waals surface area contributed by atoms with E-state index in [1.165, 1.54) is 58.2 Å². The molecule has 0 radical (unpaired) electrons. The largest absolute Gasteiger partial charge is 0.309 e. The van der Waals surface area contributed by atoms with Crippen molar-refractivity contribution in [2.24, 2.45) is 0 Å². The highest BCUT2D eigenvalue weighted by Gasteiger charge is 2.28. The molecule has 172 valence electrons. The smallest absolute Gasteiger partial charge is 0.0566 e. The molecule has 4 aromatic carbocycles. The normalized spacial score (nSPS) is 16.2. The van der Waals surface area contributed by atoms with Crippen LogP contribution in [0.1, 0.15) is 26.7 Å². The van der Waals surface area contributed by atoms with Gasteiger partial charge in [-0.1, -0.05) is 108 Å². The Kier molecular flexibility index (Phi) is 6.05. The lowest BCUT2D eigenvalue weighted by Crippen LogP contribution is -2.19. The molecule has 0 amide bonds. The Bertz CT molecular complexity index is 1560. The number of rotatable bonds is 4. The first-order chi connectivity index (χ1) is 17.2. The number of anilines is 2. The van der Waals surface area contributed by atoms with Gasteiger partial charge in [-0.2, -0.15) is 0 Å². The first kappa shape index (κ1) is 22.3. The second kappa shape index (κ2) is 9.49. The predicted octanol–water partition coefficient (Wildman–Crippen LogP) is 10.3. The molecule has 0 spiro atoms. The van der Waals surface area contributed by atoms with Gasteiger partial charge < -0.3 is 4.90 Å². The van der Waals surface area contributed by atoms with Crippen molar-refractivity contribution >= 4 is 56.4 Å². The fourth-order valence-corrected chi connectivity index (χ4v) is 7.48. The van der Waals surface area contributed by atoms with Crippen molar-refractivity contribution in [1.82, 2.24) is 0 Å². The monoisotopic (exact) mass is 489 g/mol. The van der Waals surface area contributed by atoms with Crippen molar-refractivity contribution in [2.75, 3.05) is 4.90 Å². The molecule has 4 aromatic rings. The molecule has 1 nitrogen and oxygen atoms in total. The molecule has 1 heterocycles. The summed E-state index contributed by atoms with van der Waals surface area (Å²) >= 11 is 3.84. The van der Waals surface area contributed by atoms with Gasteiger partial charge in [0.25, 0.3) is 0 Å². The number of thioether (sulfide) groups is 2. The van der Waals surface area contributed by atoms with Gasteiger partial charge >= 0.3 is 0 Å². The van der Waals surface area contributed by atoms with E-state index in [1.807, 2.05) is 23.5 Å². The van der Waals surface area contributed by atoms with Gasteiger partial charge in [0.05, 0.1) is 11.4 Å². The van der Waals surface area contributed by atoms with E-state index >= 15 is 0 Å². The zero-order chi connectivity index (χ0) is 23.8. The van der Waals surface area contributed by atoms with Crippen molar-refractivity contribution in [3.05, 3.63) is 128 Å². The molecule has 0 N–H and O–H groups in total. The van der Waals surface area contributed by atoms with Crippen molar-refractivity contribution in [3.63, 3.8) is 0 Å². The van der Waals surface area contributed by atoms with Crippen molar-refractivity contribution in [1.29, 1.82) is 0 Å². The van der Waals surface area contributed by atoms with Crippen LogP contribution in [0.5, 0.6) is 0 Å². The van der Waals surface area contributed by atoms with Crippen molar-refractivity contribution in [2.45, 2.75) is 26.7 Å². The maximum Gasteiger partial charge on any atom is 0.0566 e. The summed E-state index contributed by atoms with van der Waals surface area (Å²) in [5.74, 6) is 0. The Hall–Kier alpha value is -3.14. The van der Waals surface area contributed by atoms with Crippen LogP contribution in [0.15, 0.2) is 128 Å². The zero-order valence-corrected chi connectivity index (χ0v) is 21.6. The van der Waals surface area contributed by atoms with Gasteiger partial charge in [0.1, 0.15) is 0 Å². The minimum atomic E-state index is 1.13. The number of hydrogen-bond donors (Lipinski definition) is 0. The molecule has 35 heavy (non-hydrogen) atoms. The fourth-order valence-electron chi connectivity index (χ4n) is 5.01. The number of para-hydroxylation sites is 1. The van der Waals surface area contributed by atoms with Crippen LogP contribution in [-0.4, -0.2) is 0 Å². The molecule has 1 aliphatic heterocycles. The number of hydrogen-bond acceptors (Lipinski definition) is 3. The summed E-state index contributed by atoms with van der Waals surface area (Å²) in [7, 11) is 0. The third-order valence-corrected chi connectivity index (χ3v) is 9.31. The molecule has 0 aromatic heterocycles.